The maximum atomic E-state index is 12.5. The molecule has 0 saturated carbocycles. The SMILES string of the molecule is CC1OC(C)C(C(=O)Nc2ccc(C(N)=S)cc2Cl)C1C. The van der Waals surface area contributed by atoms with Gasteiger partial charge in [-0.3, -0.25) is 4.79 Å². The summed E-state index contributed by atoms with van der Waals surface area (Å²) < 4.78 is 5.70. The van der Waals surface area contributed by atoms with Crippen LogP contribution in [0.15, 0.2) is 18.2 Å². The fourth-order valence-electron chi connectivity index (χ4n) is 2.70. The fraction of sp³-hybridized carbons (Fsp3) is 0.467. The minimum Gasteiger partial charge on any atom is -0.389 e. The van der Waals surface area contributed by atoms with Crippen LogP contribution in [0.3, 0.4) is 0 Å². The van der Waals surface area contributed by atoms with Crippen molar-refractivity contribution in [2.24, 2.45) is 17.6 Å². The van der Waals surface area contributed by atoms with Gasteiger partial charge in [-0.25, -0.2) is 0 Å². The van der Waals surface area contributed by atoms with E-state index in [9.17, 15) is 4.79 Å². The molecule has 114 valence electrons. The average Bonchev–Trinajstić information content (AvgIpc) is 2.65. The summed E-state index contributed by atoms with van der Waals surface area (Å²) in [6, 6.07) is 5.11. The number of benzene rings is 1. The highest BCUT2D eigenvalue weighted by Gasteiger charge is 2.41. The molecule has 6 heteroatoms. The predicted octanol–water partition coefficient (Wildman–Crippen LogP) is 2.97. The topological polar surface area (TPSA) is 64.3 Å². The Kier molecular flexibility index (Phi) is 4.86. The number of halogens is 1. The van der Waals surface area contributed by atoms with Gasteiger partial charge in [-0.1, -0.05) is 30.7 Å². The second kappa shape index (κ2) is 6.30. The van der Waals surface area contributed by atoms with Crippen LogP contribution in [0, 0.1) is 11.8 Å². The Morgan fingerprint density at radius 1 is 1.33 bits per heavy atom. The quantitative estimate of drug-likeness (QED) is 0.838. The molecular formula is C15H19ClN2O2S. The standard InChI is InChI=1S/C15H19ClN2O2S/c1-7-8(2)20-9(3)13(7)15(19)18-12-5-4-10(14(17)21)6-11(12)16/h4-9,13H,1-3H3,(H2,17,21)(H,18,19). The molecule has 21 heavy (non-hydrogen) atoms. The van der Waals surface area contributed by atoms with Crippen molar-refractivity contribution in [2.45, 2.75) is 33.0 Å². The number of carbonyl (C=O) groups is 1. The third kappa shape index (κ3) is 3.36. The van der Waals surface area contributed by atoms with Crippen molar-refractivity contribution in [3.8, 4) is 0 Å². The Hall–Kier alpha value is -1.17. The summed E-state index contributed by atoms with van der Waals surface area (Å²) in [5.41, 5.74) is 6.78. The Morgan fingerprint density at radius 2 is 2.00 bits per heavy atom. The monoisotopic (exact) mass is 326 g/mol. The summed E-state index contributed by atoms with van der Waals surface area (Å²) in [6.07, 6.45) is -0.0344. The summed E-state index contributed by atoms with van der Waals surface area (Å²) >= 11 is 11.1. The van der Waals surface area contributed by atoms with Crippen LogP contribution in [0.25, 0.3) is 0 Å². The normalized spacial score (nSPS) is 28.4. The zero-order chi connectivity index (χ0) is 15.7. The number of amides is 1. The van der Waals surface area contributed by atoms with Crippen molar-refractivity contribution >= 4 is 40.4 Å². The fourth-order valence-corrected chi connectivity index (χ4v) is 3.06. The number of rotatable bonds is 3. The van der Waals surface area contributed by atoms with E-state index in [1.807, 2.05) is 20.8 Å². The molecule has 4 atom stereocenters. The van der Waals surface area contributed by atoms with Gasteiger partial charge in [0.25, 0.3) is 0 Å². The number of hydrogen-bond acceptors (Lipinski definition) is 3. The maximum Gasteiger partial charge on any atom is 0.230 e. The van der Waals surface area contributed by atoms with E-state index < -0.39 is 0 Å². The highest BCUT2D eigenvalue weighted by molar-refractivity contribution is 7.80. The molecule has 0 aromatic heterocycles. The molecule has 1 heterocycles. The molecule has 4 nitrogen and oxygen atoms in total. The van der Waals surface area contributed by atoms with E-state index in [1.165, 1.54) is 0 Å². The maximum absolute atomic E-state index is 12.5. The van der Waals surface area contributed by atoms with E-state index in [0.29, 0.717) is 16.3 Å². The first-order chi connectivity index (χ1) is 9.81. The highest BCUT2D eigenvalue weighted by Crippen LogP contribution is 2.33. The largest absolute Gasteiger partial charge is 0.389 e. The zero-order valence-corrected chi connectivity index (χ0v) is 13.8. The molecule has 0 aliphatic carbocycles. The lowest BCUT2D eigenvalue weighted by Crippen LogP contribution is -2.32. The van der Waals surface area contributed by atoms with Crippen LogP contribution in [-0.2, 0) is 9.53 Å². The smallest absolute Gasteiger partial charge is 0.230 e. The molecule has 0 radical (unpaired) electrons. The number of nitrogens with one attached hydrogen (secondary N) is 1. The third-order valence-electron chi connectivity index (χ3n) is 4.06. The average molecular weight is 327 g/mol. The molecule has 0 spiro atoms. The molecule has 1 aromatic carbocycles. The summed E-state index contributed by atoms with van der Waals surface area (Å²) in [5.74, 6) is -0.106. The predicted molar refractivity (Wildman–Crippen MR) is 88.6 cm³/mol. The van der Waals surface area contributed by atoms with Crippen LogP contribution in [-0.4, -0.2) is 23.1 Å². The first kappa shape index (κ1) is 16.2. The van der Waals surface area contributed by atoms with Gasteiger partial charge in [-0.15, -0.1) is 0 Å². The van der Waals surface area contributed by atoms with Gasteiger partial charge in [0, 0.05) is 5.56 Å². The lowest BCUT2D eigenvalue weighted by atomic mass is 9.89. The third-order valence-corrected chi connectivity index (χ3v) is 4.60. The van der Waals surface area contributed by atoms with Gasteiger partial charge in [-0.2, -0.15) is 0 Å². The van der Waals surface area contributed by atoms with Crippen molar-refractivity contribution in [2.75, 3.05) is 5.32 Å². The molecule has 1 fully saturated rings. The van der Waals surface area contributed by atoms with E-state index in [-0.39, 0.29) is 34.9 Å². The number of hydrogen-bond donors (Lipinski definition) is 2. The minimum absolute atomic E-state index is 0.0724. The molecule has 1 amide bonds. The van der Waals surface area contributed by atoms with Crippen molar-refractivity contribution in [1.82, 2.24) is 0 Å². The van der Waals surface area contributed by atoms with Crippen molar-refractivity contribution in [1.29, 1.82) is 0 Å². The van der Waals surface area contributed by atoms with E-state index >= 15 is 0 Å². The Balaban J connectivity index is 2.15. The van der Waals surface area contributed by atoms with Gasteiger partial charge in [0.05, 0.1) is 28.8 Å². The van der Waals surface area contributed by atoms with E-state index in [2.05, 4.69) is 5.32 Å². The second-order valence-electron chi connectivity index (χ2n) is 5.48. The summed E-state index contributed by atoms with van der Waals surface area (Å²) in [7, 11) is 0. The van der Waals surface area contributed by atoms with Gasteiger partial charge in [0.2, 0.25) is 5.91 Å². The van der Waals surface area contributed by atoms with Crippen LogP contribution in [0.5, 0.6) is 0 Å². The second-order valence-corrected chi connectivity index (χ2v) is 6.33. The lowest BCUT2D eigenvalue weighted by Gasteiger charge is -2.18. The molecule has 1 saturated heterocycles. The number of thiocarbonyl (C=S) groups is 1. The van der Waals surface area contributed by atoms with Crippen LogP contribution in [0.4, 0.5) is 5.69 Å². The molecule has 1 aromatic rings. The molecule has 3 N–H and O–H groups in total. The van der Waals surface area contributed by atoms with Gasteiger partial charge in [0.15, 0.2) is 0 Å². The number of ether oxygens (including phenoxy) is 1. The molecule has 1 aliphatic rings. The van der Waals surface area contributed by atoms with Crippen LogP contribution < -0.4 is 11.1 Å². The van der Waals surface area contributed by atoms with E-state index in [1.54, 1.807) is 18.2 Å². The van der Waals surface area contributed by atoms with Gasteiger partial charge < -0.3 is 15.8 Å². The van der Waals surface area contributed by atoms with Crippen molar-refractivity contribution in [3.05, 3.63) is 28.8 Å². The number of nitrogens with two attached hydrogens (primary N) is 1. The van der Waals surface area contributed by atoms with E-state index in [0.717, 1.165) is 0 Å². The highest BCUT2D eigenvalue weighted by atomic mass is 35.5. The molecule has 2 rings (SSSR count). The first-order valence-electron chi connectivity index (χ1n) is 6.87. The Morgan fingerprint density at radius 3 is 2.48 bits per heavy atom. The molecule has 0 bridgehead atoms. The van der Waals surface area contributed by atoms with Gasteiger partial charge in [0.1, 0.15) is 4.99 Å². The lowest BCUT2D eigenvalue weighted by molar-refractivity contribution is -0.121. The minimum atomic E-state index is -0.189. The van der Waals surface area contributed by atoms with Crippen LogP contribution >= 0.6 is 23.8 Å². The zero-order valence-electron chi connectivity index (χ0n) is 12.2. The first-order valence-corrected chi connectivity index (χ1v) is 7.65. The van der Waals surface area contributed by atoms with Crippen molar-refractivity contribution < 1.29 is 9.53 Å². The van der Waals surface area contributed by atoms with E-state index in [4.69, 9.17) is 34.3 Å². The summed E-state index contributed by atoms with van der Waals surface area (Å²) in [6.45, 7) is 5.93. The number of anilines is 1. The molecule has 1 aliphatic heterocycles. The van der Waals surface area contributed by atoms with Crippen molar-refractivity contribution in [3.63, 3.8) is 0 Å². The molecular weight excluding hydrogens is 308 g/mol. The van der Waals surface area contributed by atoms with Crippen LogP contribution in [0.1, 0.15) is 26.3 Å². The van der Waals surface area contributed by atoms with Gasteiger partial charge >= 0.3 is 0 Å². The Labute approximate surface area is 135 Å². The number of carbonyl (C=O) groups excluding carboxylic acids is 1. The Bertz CT molecular complexity index is 579. The summed E-state index contributed by atoms with van der Waals surface area (Å²) in [5, 5.41) is 3.28. The molecule has 4 unspecified atom stereocenters. The van der Waals surface area contributed by atoms with Crippen LogP contribution in [0.2, 0.25) is 5.02 Å². The summed E-state index contributed by atoms with van der Waals surface area (Å²) in [4.78, 5) is 12.7. The van der Waals surface area contributed by atoms with Gasteiger partial charge in [-0.05, 0) is 38.0 Å².